The summed E-state index contributed by atoms with van der Waals surface area (Å²) in [5.41, 5.74) is 0.818. The van der Waals surface area contributed by atoms with Gasteiger partial charge in [0.25, 0.3) is 0 Å². The van der Waals surface area contributed by atoms with Crippen molar-refractivity contribution in [2.45, 2.75) is 18.3 Å². The normalized spacial score (nSPS) is 24.8. The minimum absolute atomic E-state index is 0.109. The summed E-state index contributed by atoms with van der Waals surface area (Å²) in [6, 6.07) is 10.8. The van der Waals surface area contributed by atoms with Gasteiger partial charge in [-0.2, -0.15) is 0 Å². The summed E-state index contributed by atoms with van der Waals surface area (Å²) in [6.45, 7) is 0. The van der Waals surface area contributed by atoms with E-state index < -0.39 is 18.3 Å². The van der Waals surface area contributed by atoms with Gasteiger partial charge in [0.15, 0.2) is 6.10 Å². The van der Waals surface area contributed by atoms with Crippen LogP contribution in [0.25, 0.3) is 0 Å². The van der Waals surface area contributed by atoms with Crippen molar-refractivity contribution < 1.29 is 25.2 Å². The third-order valence-electron chi connectivity index (χ3n) is 3.45. The molecule has 0 radical (unpaired) electrons. The van der Waals surface area contributed by atoms with Crippen LogP contribution in [0.4, 0.5) is 0 Å². The number of ether oxygens (including phenoxy) is 1. The van der Waals surface area contributed by atoms with Gasteiger partial charge < -0.3 is 25.2 Å². The van der Waals surface area contributed by atoms with Gasteiger partial charge in [-0.3, -0.25) is 0 Å². The van der Waals surface area contributed by atoms with E-state index in [4.69, 9.17) is 4.74 Å². The van der Waals surface area contributed by atoms with Crippen LogP contribution in [-0.4, -0.2) is 26.5 Å². The Kier molecular flexibility index (Phi) is 3.00. The Bertz CT molecular complexity index is 623. The number of rotatable bonds is 1. The first-order valence-corrected chi connectivity index (χ1v) is 6.21. The molecule has 0 fully saturated rings. The van der Waals surface area contributed by atoms with Gasteiger partial charge in [-0.25, -0.2) is 0 Å². The fraction of sp³-hybridized carbons (Fsp3) is 0.200. The van der Waals surface area contributed by atoms with E-state index in [1.807, 2.05) is 0 Å². The molecule has 5 nitrogen and oxygen atoms in total. The number of aliphatic hydroxyl groups excluding tert-OH is 2. The molecule has 1 aliphatic heterocycles. The Hall–Kier alpha value is -2.24. The highest BCUT2D eigenvalue weighted by molar-refractivity contribution is 5.48. The molecule has 20 heavy (non-hydrogen) atoms. The lowest BCUT2D eigenvalue weighted by atomic mass is 9.91. The monoisotopic (exact) mass is 274 g/mol. The summed E-state index contributed by atoms with van der Waals surface area (Å²) < 4.78 is 5.67. The summed E-state index contributed by atoms with van der Waals surface area (Å²) in [7, 11) is 0. The quantitative estimate of drug-likeness (QED) is 0.634. The lowest BCUT2D eigenvalue weighted by molar-refractivity contribution is -0.0709. The molecule has 5 heteroatoms. The number of phenolic OH excluding ortho intramolecular Hbond substituents is 2. The molecule has 0 bridgehead atoms. The molecule has 0 spiro atoms. The van der Waals surface area contributed by atoms with Crippen molar-refractivity contribution in [2.75, 3.05) is 0 Å². The number of aromatic hydroxyl groups is 2. The van der Waals surface area contributed by atoms with E-state index in [0.29, 0.717) is 11.3 Å². The topological polar surface area (TPSA) is 90.2 Å². The molecule has 2 aromatic rings. The lowest BCUT2D eigenvalue weighted by Crippen LogP contribution is -2.34. The first-order valence-electron chi connectivity index (χ1n) is 6.21. The van der Waals surface area contributed by atoms with Crippen molar-refractivity contribution in [3.05, 3.63) is 53.6 Å². The predicted octanol–water partition coefficient (Wildman–Crippen LogP) is 1.63. The number of benzene rings is 2. The second kappa shape index (κ2) is 4.70. The van der Waals surface area contributed by atoms with E-state index in [1.54, 1.807) is 24.3 Å². The van der Waals surface area contributed by atoms with Gasteiger partial charge >= 0.3 is 0 Å². The maximum atomic E-state index is 10.2. The largest absolute Gasteiger partial charge is 0.508 e. The molecule has 0 amide bonds. The number of hydrogen-bond acceptors (Lipinski definition) is 5. The van der Waals surface area contributed by atoms with Gasteiger partial charge in [-0.15, -0.1) is 0 Å². The van der Waals surface area contributed by atoms with E-state index in [-0.39, 0.29) is 17.1 Å². The molecule has 4 N–H and O–H groups in total. The minimum Gasteiger partial charge on any atom is -0.508 e. The third-order valence-corrected chi connectivity index (χ3v) is 3.45. The van der Waals surface area contributed by atoms with Crippen molar-refractivity contribution in [1.29, 1.82) is 0 Å². The highest BCUT2D eigenvalue weighted by Gasteiger charge is 2.38. The van der Waals surface area contributed by atoms with E-state index in [1.165, 1.54) is 18.2 Å². The van der Waals surface area contributed by atoms with Crippen molar-refractivity contribution in [3.8, 4) is 17.2 Å². The Morgan fingerprint density at radius 3 is 2.30 bits per heavy atom. The zero-order valence-corrected chi connectivity index (χ0v) is 10.5. The van der Waals surface area contributed by atoms with E-state index in [9.17, 15) is 20.4 Å². The average Bonchev–Trinajstić information content (AvgIpc) is 2.44. The van der Waals surface area contributed by atoms with Crippen LogP contribution in [0.15, 0.2) is 42.5 Å². The third kappa shape index (κ3) is 1.97. The van der Waals surface area contributed by atoms with Crippen LogP contribution in [0.5, 0.6) is 17.2 Å². The molecule has 0 aliphatic carbocycles. The highest BCUT2D eigenvalue weighted by Crippen LogP contribution is 2.44. The first-order chi connectivity index (χ1) is 9.58. The van der Waals surface area contributed by atoms with Crippen molar-refractivity contribution in [1.82, 2.24) is 0 Å². The Morgan fingerprint density at radius 2 is 1.60 bits per heavy atom. The second-order valence-electron chi connectivity index (χ2n) is 4.75. The molecule has 104 valence electrons. The second-order valence-corrected chi connectivity index (χ2v) is 4.75. The van der Waals surface area contributed by atoms with Crippen molar-refractivity contribution in [2.24, 2.45) is 0 Å². The summed E-state index contributed by atoms with van der Waals surface area (Å²) >= 11 is 0. The van der Waals surface area contributed by atoms with Gasteiger partial charge in [-0.05, 0) is 29.8 Å². The zero-order valence-electron chi connectivity index (χ0n) is 10.5. The Morgan fingerprint density at radius 1 is 0.900 bits per heavy atom. The Labute approximate surface area is 115 Å². The molecule has 0 saturated heterocycles. The number of hydrogen-bond donors (Lipinski definition) is 4. The first kappa shape index (κ1) is 12.8. The van der Waals surface area contributed by atoms with Crippen molar-refractivity contribution >= 4 is 0 Å². The summed E-state index contributed by atoms with van der Waals surface area (Å²) in [6.07, 6.45) is -3.21. The molecule has 3 rings (SSSR count). The van der Waals surface area contributed by atoms with Crippen molar-refractivity contribution in [3.63, 3.8) is 0 Å². The predicted molar refractivity (Wildman–Crippen MR) is 70.5 cm³/mol. The zero-order chi connectivity index (χ0) is 14.3. The van der Waals surface area contributed by atoms with Crippen LogP contribution in [0, 0.1) is 0 Å². The van der Waals surface area contributed by atoms with Crippen LogP contribution in [0.2, 0.25) is 0 Å². The molecule has 2 aromatic carbocycles. The molecular formula is C15H14O5. The minimum atomic E-state index is -1.24. The highest BCUT2D eigenvalue weighted by atomic mass is 16.5. The van der Waals surface area contributed by atoms with Gasteiger partial charge in [-0.1, -0.05) is 18.2 Å². The summed E-state index contributed by atoms with van der Waals surface area (Å²) in [5.74, 6) is 0.330. The van der Waals surface area contributed by atoms with Gasteiger partial charge in [0.1, 0.15) is 29.5 Å². The molecule has 1 aliphatic rings. The van der Waals surface area contributed by atoms with Crippen LogP contribution < -0.4 is 4.74 Å². The Balaban J connectivity index is 2.02. The average molecular weight is 274 g/mol. The fourth-order valence-corrected chi connectivity index (χ4v) is 2.40. The maximum Gasteiger partial charge on any atom is 0.152 e. The summed E-state index contributed by atoms with van der Waals surface area (Å²) in [5, 5.41) is 39.4. The van der Waals surface area contributed by atoms with Crippen LogP contribution in [0.1, 0.15) is 23.3 Å². The summed E-state index contributed by atoms with van der Waals surface area (Å²) in [4.78, 5) is 0. The number of aliphatic hydroxyl groups is 2. The SMILES string of the molecule is Oc1ccc([C@H]2Oc3cccc(O)c3[C@H](O)[C@H]2O)cc1. The van der Waals surface area contributed by atoms with Gasteiger partial charge in [0.2, 0.25) is 0 Å². The van der Waals surface area contributed by atoms with Crippen LogP contribution >= 0.6 is 0 Å². The lowest BCUT2D eigenvalue weighted by Gasteiger charge is -2.34. The molecule has 3 atom stereocenters. The maximum absolute atomic E-state index is 10.2. The molecule has 0 unspecified atom stereocenters. The van der Waals surface area contributed by atoms with Gasteiger partial charge in [0, 0.05) is 0 Å². The van der Waals surface area contributed by atoms with E-state index >= 15 is 0 Å². The van der Waals surface area contributed by atoms with Gasteiger partial charge in [0.05, 0.1) is 5.56 Å². The molecular weight excluding hydrogens is 260 g/mol. The standard InChI is InChI=1S/C15H14O5/c16-9-6-4-8(5-7-9)15-14(19)13(18)12-10(17)2-1-3-11(12)20-15/h1-7,13-19H/t13-,14+,15+/m0/s1. The molecule has 0 saturated carbocycles. The van der Waals surface area contributed by atoms with Crippen LogP contribution in [-0.2, 0) is 0 Å². The fourth-order valence-electron chi connectivity index (χ4n) is 2.40. The molecule has 1 heterocycles. The number of phenols is 2. The van der Waals surface area contributed by atoms with E-state index in [0.717, 1.165) is 0 Å². The van der Waals surface area contributed by atoms with E-state index in [2.05, 4.69) is 0 Å². The molecule has 0 aromatic heterocycles. The number of fused-ring (bicyclic) bond motifs is 1. The smallest absolute Gasteiger partial charge is 0.152 e. The van der Waals surface area contributed by atoms with Crippen LogP contribution in [0.3, 0.4) is 0 Å².